The molecule has 6 nitrogen and oxygen atoms in total. The quantitative estimate of drug-likeness (QED) is 0.703. The number of unbranched alkanes of at least 4 members (excludes halogenated alkanes) is 1. The molecule has 1 heterocycles. The highest BCUT2D eigenvalue weighted by molar-refractivity contribution is 7.85. The van der Waals surface area contributed by atoms with Gasteiger partial charge in [-0.1, -0.05) is 19.8 Å². The minimum Gasteiger partial charge on any atom is -0.486 e. The van der Waals surface area contributed by atoms with Gasteiger partial charge in [0.15, 0.2) is 11.5 Å². The van der Waals surface area contributed by atoms with Gasteiger partial charge in [0.05, 0.1) is 10.8 Å². The lowest BCUT2D eigenvalue weighted by Crippen LogP contribution is -2.40. The Morgan fingerprint density at radius 2 is 2.08 bits per heavy atom. The Kier molecular flexibility index (Phi) is 7.52. The summed E-state index contributed by atoms with van der Waals surface area (Å²) in [7, 11) is -1.25. The topological polar surface area (TPSA) is 90.7 Å². The summed E-state index contributed by atoms with van der Waals surface area (Å²) in [5.41, 5.74) is 5.67. The first-order valence-corrected chi connectivity index (χ1v) is 9.73. The van der Waals surface area contributed by atoms with Crippen LogP contribution in [0.1, 0.15) is 32.6 Å². The first kappa shape index (κ1) is 18.7. The van der Waals surface area contributed by atoms with E-state index in [1.165, 1.54) is 0 Å². The van der Waals surface area contributed by atoms with Crippen LogP contribution in [0.2, 0.25) is 0 Å². The summed E-state index contributed by atoms with van der Waals surface area (Å²) in [6, 6.07) is 5.25. The Morgan fingerprint density at radius 1 is 1.33 bits per heavy atom. The van der Waals surface area contributed by atoms with Crippen LogP contribution in [0.3, 0.4) is 0 Å². The molecule has 1 aromatic rings. The predicted molar refractivity (Wildman–Crippen MR) is 93.8 cm³/mol. The van der Waals surface area contributed by atoms with Gasteiger partial charge in [-0.3, -0.25) is 9.00 Å². The Labute approximate surface area is 145 Å². The SMILES string of the molecule is CCCCC(CN)NC(=O)CCS(=O)c1ccc2c(c1)OCCO2. The third kappa shape index (κ3) is 5.49. The van der Waals surface area contributed by atoms with Gasteiger partial charge in [-0.15, -0.1) is 0 Å². The fourth-order valence-electron chi connectivity index (χ4n) is 2.47. The van der Waals surface area contributed by atoms with Crippen molar-refractivity contribution >= 4 is 16.7 Å². The number of nitrogens with two attached hydrogens (primary N) is 1. The second kappa shape index (κ2) is 9.64. The molecule has 134 valence electrons. The number of rotatable bonds is 9. The molecule has 0 fully saturated rings. The summed E-state index contributed by atoms with van der Waals surface area (Å²) in [6.45, 7) is 3.54. The van der Waals surface area contributed by atoms with Crippen LogP contribution in [0, 0.1) is 0 Å². The van der Waals surface area contributed by atoms with Crippen molar-refractivity contribution in [2.24, 2.45) is 5.73 Å². The Hall–Kier alpha value is -1.60. The Morgan fingerprint density at radius 3 is 2.79 bits per heavy atom. The molecule has 0 spiro atoms. The van der Waals surface area contributed by atoms with E-state index in [9.17, 15) is 9.00 Å². The molecule has 3 N–H and O–H groups in total. The van der Waals surface area contributed by atoms with Crippen LogP contribution in [0.15, 0.2) is 23.1 Å². The number of nitrogens with one attached hydrogen (secondary N) is 1. The van der Waals surface area contributed by atoms with Crippen molar-refractivity contribution in [2.75, 3.05) is 25.5 Å². The highest BCUT2D eigenvalue weighted by atomic mass is 32.2. The number of hydrogen-bond donors (Lipinski definition) is 2. The third-order valence-corrected chi connectivity index (χ3v) is 5.20. The lowest BCUT2D eigenvalue weighted by Gasteiger charge is -2.19. The van der Waals surface area contributed by atoms with E-state index < -0.39 is 10.8 Å². The third-order valence-electron chi connectivity index (χ3n) is 3.85. The first-order valence-electron chi connectivity index (χ1n) is 8.41. The standard InChI is InChI=1S/C17H26N2O4S/c1-2-3-4-13(12-18)19-17(20)7-10-24(21)14-5-6-15-16(11-14)23-9-8-22-15/h5-6,11,13H,2-4,7-10,12,18H2,1H3,(H,19,20). The summed E-state index contributed by atoms with van der Waals surface area (Å²) in [6.07, 6.45) is 3.19. The molecule has 0 saturated heterocycles. The molecule has 1 aliphatic heterocycles. The Balaban J connectivity index is 1.83. The maximum atomic E-state index is 12.4. The van der Waals surface area contributed by atoms with E-state index in [2.05, 4.69) is 12.2 Å². The van der Waals surface area contributed by atoms with Crippen LogP contribution in [-0.2, 0) is 15.6 Å². The molecular weight excluding hydrogens is 328 g/mol. The van der Waals surface area contributed by atoms with Gasteiger partial charge in [0.1, 0.15) is 13.2 Å². The first-order chi connectivity index (χ1) is 11.6. The number of hydrogen-bond acceptors (Lipinski definition) is 5. The number of carbonyl (C=O) groups excluding carboxylic acids is 1. The summed E-state index contributed by atoms with van der Waals surface area (Å²) in [4.78, 5) is 12.6. The van der Waals surface area contributed by atoms with E-state index in [1.54, 1.807) is 18.2 Å². The fourth-order valence-corrected chi connectivity index (χ4v) is 3.53. The van der Waals surface area contributed by atoms with Gasteiger partial charge in [0.25, 0.3) is 0 Å². The molecule has 0 aromatic heterocycles. The molecule has 1 aromatic carbocycles. The van der Waals surface area contributed by atoms with E-state index in [1.807, 2.05) is 0 Å². The minimum absolute atomic E-state index is 0.000165. The van der Waals surface area contributed by atoms with E-state index in [4.69, 9.17) is 15.2 Å². The van der Waals surface area contributed by atoms with Crippen LogP contribution in [-0.4, -0.2) is 41.7 Å². The second-order valence-corrected chi connectivity index (χ2v) is 7.32. The summed E-state index contributed by atoms with van der Waals surface area (Å²) < 4.78 is 23.3. The molecule has 0 bridgehead atoms. The van der Waals surface area contributed by atoms with Gasteiger partial charge in [-0.25, -0.2) is 0 Å². The highest BCUT2D eigenvalue weighted by Gasteiger charge is 2.16. The summed E-state index contributed by atoms with van der Waals surface area (Å²) in [5, 5.41) is 2.92. The normalized spacial score (nSPS) is 15.6. The molecule has 2 unspecified atom stereocenters. The van der Waals surface area contributed by atoms with E-state index in [0.717, 1.165) is 19.3 Å². The van der Waals surface area contributed by atoms with E-state index in [-0.39, 0.29) is 24.1 Å². The molecule has 2 atom stereocenters. The number of carbonyl (C=O) groups is 1. The lowest BCUT2D eigenvalue weighted by atomic mass is 10.1. The molecular formula is C17H26N2O4S. The maximum absolute atomic E-state index is 12.4. The maximum Gasteiger partial charge on any atom is 0.221 e. The minimum atomic E-state index is -1.25. The average Bonchev–Trinajstić information content (AvgIpc) is 2.62. The van der Waals surface area contributed by atoms with Crippen molar-refractivity contribution in [1.82, 2.24) is 5.32 Å². The van der Waals surface area contributed by atoms with Crippen molar-refractivity contribution in [3.63, 3.8) is 0 Å². The number of amides is 1. The van der Waals surface area contributed by atoms with Gasteiger partial charge in [0.2, 0.25) is 5.91 Å². The number of benzene rings is 1. The molecule has 2 rings (SSSR count). The molecule has 1 amide bonds. The fraction of sp³-hybridized carbons (Fsp3) is 0.588. The molecule has 1 aliphatic rings. The van der Waals surface area contributed by atoms with Crippen molar-refractivity contribution in [3.05, 3.63) is 18.2 Å². The van der Waals surface area contributed by atoms with Crippen LogP contribution >= 0.6 is 0 Å². The van der Waals surface area contributed by atoms with Crippen molar-refractivity contribution in [1.29, 1.82) is 0 Å². The zero-order valence-electron chi connectivity index (χ0n) is 14.1. The number of ether oxygens (including phenoxy) is 2. The van der Waals surface area contributed by atoms with Crippen molar-refractivity contribution < 1.29 is 18.5 Å². The Bertz CT molecular complexity index is 580. The second-order valence-electron chi connectivity index (χ2n) is 5.75. The smallest absolute Gasteiger partial charge is 0.221 e. The van der Waals surface area contributed by atoms with Crippen LogP contribution in [0.25, 0.3) is 0 Å². The van der Waals surface area contributed by atoms with Gasteiger partial charge < -0.3 is 20.5 Å². The van der Waals surface area contributed by atoms with Gasteiger partial charge >= 0.3 is 0 Å². The van der Waals surface area contributed by atoms with Crippen LogP contribution in [0.5, 0.6) is 11.5 Å². The molecule has 0 aliphatic carbocycles. The van der Waals surface area contributed by atoms with Crippen LogP contribution < -0.4 is 20.5 Å². The highest BCUT2D eigenvalue weighted by Crippen LogP contribution is 2.31. The van der Waals surface area contributed by atoms with Gasteiger partial charge in [0, 0.05) is 35.7 Å². The van der Waals surface area contributed by atoms with E-state index in [0.29, 0.717) is 36.2 Å². The van der Waals surface area contributed by atoms with Gasteiger partial charge in [-0.05, 0) is 18.6 Å². The monoisotopic (exact) mass is 354 g/mol. The predicted octanol–water partition coefficient (Wildman–Crippen LogP) is 1.59. The largest absolute Gasteiger partial charge is 0.486 e. The zero-order chi connectivity index (χ0) is 17.4. The zero-order valence-corrected chi connectivity index (χ0v) is 14.9. The molecule has 0 radical (unpaired) electrons. The van der Waals surface area contributed by atoms with Gasteiger partial charge in [-0.2, -0.15) is 0 Å². The average molecular weight is 354 g/mol. The summed E-state index contributed by atoms with van der Waals surface area (Å²) >= 11 is 0. The van der Waals surface area contributed by atoms with Crippen molar-refractivity contribution in [3.8, 4) is 11.5 Å². The van der Waals surface area contributed by atoms with E-state index >= 15 is 0 Å². The summed E-state index contributed by atoms with van der Waals surface area (Å²) in [5.74, 6) is 1.45. The number of fused-ring (bicyclic) bond motifs is 1. The van der Waals surface area contributed by atoms with Crippen molar-refractivity contribution in [2.45, 2.75) is 43.5 Å². The molecule has 7 heteroatoms. The molecule has 0 saturated carbocycles. The lowest BCUT2D eigenvalue weighted by molar-refractivity contribution is -0.121. The van der Waals surface area contributed by atoms with Crippen LogP contribution in [0.4, 0.5) is 0 Å². The molecule has 24 heavy (non-hydrogen) atoms.